The van der Waals surface area contributed by atoms with Crippen molar-refractivity contribution in [1.82, 2.24) is 4.98 Å². The van der Waals surface area contributed by atoms with E-state index in [4.69, 9.17) is 21.8 Å². The van der Waals surface area contributed by atoms with Crippen molar-refractivity contribution in [2.24, 2.45) is 5.73 Å². The molecule has 0 aliphatic carbocycles. The quantitative estimate of drug-likeness (QED) is 0.784. The van der Waals surface area contributed by atoms with Crippen molar-refractivity contribution in [1.29, 1.82) is 0 Å². The van der Waals surface area contributed by atoms with Crippen molar-refractivity contribution >= 4 is 11.6 Å². The highest BCUT2D eigenvalue weighted by Crippen LogP contribution is 2.25. The SMILES string of the molecule is NC(Cc1ccccc1)c1ncc(-c2ccc(Cl)cc2)o1. The summed E-state index contributed by atoms with van der Waals surface area (Å²) in [6, 6.07) is 17.3. The van der Waals surface area contributed by atoms with Crippen LogP contribution in [0.2, 0.25) is 5.02 Å². The first-order valence-electron chi connectivity index (χ1n) is 6.73. The Bertz CT molecular complexity index is 707. The molecule has 0 amide bonds. The number of nitrogens with two attached hydrogens (primary N) is 1. The third-order valence-corrected chi connectivity index (χ3v) is 3.52. The van der Waals surface area contributed by atoms with Crippen LogP contribution < -0.4 is 5.73 Å². The van der Waals surface area contributed by atoms with E-state index in [2.05, 4.69) is 4.98 Å². The minimum absolute atomic E-state index is 0.256. The molecule has 1 aromatic heterocycles. The molecule has 3 nitrogen and oxygen atoms in total. The number of hydrogen-bond donors (Lipinski definition) is 1. The number of halogens is 1. The van der Waals surface area contributed by atoms with Crippen molar-refractivity contribution in [2.45, 2.75) is 12.5 Å². The molecular formula is C17H15ClN2O. The van der Waals surface area contributed by atoms with E-state index < -0.39 is 0 Å². The molecule has 106 valence electrons. The predicted molar refractivity (Wildman–Crippen MR) is 84.0 cm³/mol. The van der Waals surface area contributed by atoms with E-state index >= 15 is 0 Å². The molecule has 2 aromatic carbocycles. The second kappa shape index (κ2) is 6.12. The largest absolute Gasteiger partial charge is 0.439 e. The smallest absolute Gasteiger partial charge is 0.212 e. The minimum atomic E-state index is -0.256. The van der Waals surface area contributed by atoms with Crippen molar-refractivity contribution in [3.8, 4) is 11.3 Å². The lowest BCUT2D eigenvalue weighted by Gasteiger charge is -2.07. The Hall–Kier alpha value is -2.10. The summed E-state index contributed by atoms with van der Waals surface area (Å²) in [6.07, 6.45) is 2.39. The number of aromatic nitrogens is 1. The summed E-state index contributed by atoms with van der Waals surface area (Å²) in [5.41, 5.74) is 8.26. The van der Waals surface area contributed by atoms with Crippen LogP contribution in [0.25, 0.3) is 11.3 Å². The van der Waals surface area contributed by atoms with Gasteiger partial charge in [-0.3, -0.25) is 0 Å². The molecule has 3 rings (SSSR count). The van der Waals surface area contributed by atoms with Crippen LogP contribution in [0.5, 0.6) is 0 Å². The molecule has 0 aliphatic rings. The van der Waals surface area contributed by atoms with Gasteiger partial charge in [0.2, 0.25) is 5.89 Å². The van der Waals surface area contributed by atoms with Gasteiger partial charge < -0.3 is 10.2 Å². The van der Waals surface area contributed by atoms with Crippen molar-refractivity contribution in [3.05, 3.63) is 77.3 Å². The third-order valence-electron chi connectivity index (χ3n) is 3.27. The number of hydrogen-bond acceptors (Lipinski definition) is 3. The molecule has 3 aromatic rings. The van der Waals surface area contributed by atoms with Gasteiger partial charge in [-0.25, -0.2) is 4.98 Å². The molecule has 4 heteroatoms. The first kappa shape index (κ1) is 13.9. The van der Waals surface area contributed by atoms with Gasteiger partial charge in [0, 0.05) is 10.6 Å². The van der Waals surface area contributed by atoms with Gasteiger partial charge in [-0.1, -0.05) is 41.9 Å². The Balaban J connectivity index is 1.76. The summed E-state index contributed by atoms with van der Waals surface area (Å²) < 4.78 is 5.76. The fraction of sp³-hybridized carbons (Fsp3) is 0.118. The minimum Gasteiger partial charge on any atom is -0.439 e. The molecule has 0 bridgehead atoms. The highest BCUT2D eigenvalue weighted by atomic mass is 35.5. The van der Waals surface area contributed by atoms with Crippen LogP contribution in [0, 0.1) is 0 Å². The summed E-state index contributed by atoms with van der Waals surface area (Å²) in [5, 5.41) is 0.694. The zero-order chi connectivity index (χ0) is 14.7. The van der Waals surface area contributed by atoms with Crippen LogP contribution in [0.4, 0.5) is 0 Å². The molecule has 0 aliphatic heterocycles. The van der Waals surface area contributed by atoms with Crippen LogP contribution in [0.1, 0.15) is 17.5 Å². The fourth-order valence-electron chi connectivity index (χ4n) is 2.16. The maximum Gasteiger partial charge on any atom is 0.212 e. The lowest BCUT2D eigenvalue weighted by atomic mass is 10.1. The van der Waals surface area contributed by atoms with Crippen LogP contribution in [-0.4, -0.2) is 4.98 Å². The maximum atomic E-state index is 6.17. The van der Waals surface area contributed by atoms with Crippen LogP contribution in [-0.2, 0) is 6.42 Å². The molecule has 0 saturated carbocycles. The molecule has 1 heterocycles. The molecule has 0 saturated heterocycles. The lowest BCUT2D eigenvalue weighted by Crippen LogP contribution is -2.13. The average molecular weight is 299 g/mol. The number of benzene rings is 2. The molecular weight excluding hydrogens is 284 g/mol. The fourth-order valence-corrected chi connectivity index (χ4v) is 2.29. The topological polar surface area (TPSA) is 52.0 Å². The molecule has 1 unspecified atom stereocenters. The van der Waals surface area contributed by atoms with Gasteiger partial charge in [-0.15, -0.1) is 0 Å². The number of oxazole rings is 1. The molecule has 0 spiro atoms. The van der Waals surface area contributed by atoms with Gasteiger partial charge in [-0.2, -0.15) is 0 Å². The first-order chi connectivity index (χ1) is 10.2. The Morgan fingerprint density at radius 2 is 1.76 bits per heavy atom. The molecule has 0 fully saturated rings. The van der Waals surface area contributed by atoms with E-state index in [0.717, 1.165) is 11.1 Å². The molecule has 0 radical (unpaired) electrons. The van der Waals surface area contributed by atoms with E-state index in [9.17, 15) is 0 Å². The van der Waals surface area contributed by atoms with Crippen molar-refractivity contribution in [3.63, 3.8) is 0 Å². The normalized spacial score (nSPS) is 12.3. The van der Waals surface area contributed by atoms with Gasteiger partial charge >= 0.3 is 0 Å². The predicted octanol–water partition coefficient (Wildman–Crippen LogP) is 4.24. The Morgan fingerprint density at radius 3 is 2.48 bits per heavy atom. The summed E-state index contributed by atoms with van der Waals surface area (Å²) >= 11 is 5.88. The van der Waals surface area contributed by atoms with Crippen LogP contribution in [0.3, 0.4) is 0 Å². The first-order valence-corrected chi connectivity index (χ1v) is 7.11. The summed E-state index contributed by atoms with van der Waals surface area (Å²) in [5.74, 6) is 1.24. The van der Waals surface area contributed by atoms with Gasteiger partial charge in [0.05, 0.1) is 12.2 Å². The van der Waals surface area contributed by atoms with E-state index in [-0.39, 0.29) is 6.04 Å². The standard InChI is InChI=1S/C17H15ClN2O/c18-14-8-6-13(7-9-14)16-11-20-17(21-16)15(19)10-12-4-2-1-3-5-12/h1-9,11,15H,10,19H2. The highest BCUT2D eigenvalue weighted by molar-refractivity contribution is 6.30. The third kappa shape index (κ3) is 3.32. The van der Waals surface area contributed by atoms with Gasteiger partial charge in [0.1, 0.15) is 0 Å². The van der Waals surface area contributed by atoms with E-state index in [1.165, 1.54) is 0 Å². The van der Waals surface area contributed by atoms with Crippen molar-refractivity contribution in [2.75, 3.05) is 0 Å². The second-order valence-electron chi connectivity index (χ2n) is 4.87. The summed E-state index contributed by atoms with van der Waals surface area (Å²) in [4.78, 5) is 4.29. The average Bonchev–Trinajstić information content (AvgIpc) is 2.99. The van der Waals surface area contributed by atoms with Crippen LogP contribution >= 0.6 is 11.6 Å². The number of rotatable bonds is 4. The molecule has 2 N–H and O–H groups in total. The number of nitrogens with zero attached hydrogens (tertiary/aromatic N) is 1. The highest BCUT2D eigenvalue weighted by Gasteiger charge is 2.14. The summed E-state index contributed by atoms with van der Waals surface area (Å²) in [7, 11) is 0. The van der Waals surface area contributed by atoms with E-state index in [1.54, 1.807) is 6.20 Å². The zero-order valence-electron chi connectivity index (χ0n) is 11.4. The van der Waals surface area contributed by atoms with E-state index in [1.807, 2.05) is 54.6 Å². The zero-order valence-corrected chi connectivity index (χ0v) is 12.1. The Morgan fingerprint density at radius 1 is 1.05 bits per heavy atom. The maximum absolute atomic E-state index is 6.17. The Kier molecular flexibility index (Phi) is 4.04. The molecule has 21 heavy (non-hydrogen) atoms. The monoisotopic (exact) mass is 298 g/mol. The molecule has 1 atom stereocenters. The second-order valence-corrected chi connectivity index (χ2v) is 5.30. The van der Waals surface area contributed by atoms with Crippen molar-refractivity contribution < 1.29 is 4.42 Å². The van der Waals surface area contributed by atoms with E-state index in [0.29, 0.717) is 23.1 Å². The summed E-state index contributed by atoms with van der Waals surface area (Å²) in [6.45, 7) is 0. The lowest BCUT2D eigenvalue weighted by molar-refractivity contribution is 0.457. The van der Waals surface area contributed by atoms with Gasteiger partial charge in [0.15, 0.2) is 5.76 Å². The van der Waals surface area contributed by atoms with Gasteiger partial charge in [0.25, 0.3) is 0 Å². The van der Waals surface area contributed by atoms with Gasteiger partial charge in [-0.05, 0) is 36.2 Å². The Labute approximate surface area is 128 Å². The van der Waals surface area contributed by atoms with Crippen LogP contribution in [0.15, 0.2) is 65.2 Å².